The van der Waals surface area contributed by atoms with E-state index in [0.717, 1.165) is 0 Å². The van der Waals surface area contributed by atoms with Crippen LogP contribution in [0.15, 0.2) is 12.7 Å². The Kier molecular flexibility index (Phi) is 8.76. The average molecular weight is 263 g/mol. The lowest BCUT2D eigenvalue weighted by Crippen LogP contribution is -2.37. The molecule has 0 amide bonds. The van der Waals surface area contributed by atoms with Gasteiger partial charge in [-0.2, -0.15) is 0 Å². The summed E-state index contributed by atoms with van der Waals surface area (Å²) in [5.74, 6) is -0.881. The summed E-state index contributed by atoms with van der Waals surface area (Å²) < 4.78 is 4.46. The third kappa shape index (κ3) is 6.97. The Morgan fingerprint density at radius 1 is 1.39 bits per heavy atom. The molecule has 2 atom stereocenters. The largest absolute Gasteiger partial charge is 0.528 e. The van der Waals surface area contributed by atoms with Crippen LogP contribution in [-0.2, 0) is 14.4 Å². The number of hydrogen-bond donors (Lipinski definition) is 4. The van der Waals surface area contributed by atoms with Crippen molar-refractivity contribution in [2.75, 3.05) is 19.8 Å². The Hall–Kier alpha value is -1.48. The van der Waals surface area contributed by atoms with E-state index in [0.29, 0.717) is 0 Å². The van der Waals surface area contributed by atoms with Crippen molar-refractivity contribution in [1.82, 2.24) is 5.48 Å². The summed E-state index contributed by atoms with van der Waals surface area (Å²) in [5, 5.41) is 26.9. The van der Waals surface area contributed by atoms with Crippen molar-refractivity contribution in [3.05, 3.63) is 12.7 Å². The minimum atomic E-state index is -1.66. The van der Waals surface area contributed by atoms with Gasteiger partial charge in [0, 0.05) is 6.54 Å². The molecule has 0 aliphatic heterocycles. The van der Waals surface area contributed by atoms with Gasteiger partial charge in [-0.3, -0.25) is 4.79 Å². The molecular weight excluding hydrogens is 246 g/mol. The minimum absolute atomic E-state index is 0.000124. The highest BCUT2D eigenvalue weighted by Crippen LogP contribution is 1.99. The highest BCUT2D eigenvalue weighted by atomic mass is 16.8. The Labute approximate surface area is 104 Å². The number of ether oxygens (including phenoxy) is 1. The first kappa shape index (κ1) is 16.5. The number of hydrogen-bond acceptors (Lipinski definition) is 8. The van der Waals surface area contributed by atoms with Gasteiger partial charge in [-0.25, -0.2) is 4.79 Å². The summed E-state index contributed by atoms with van der Waals surface area (Å²) in [6, 6.07) is 0. The van der Waals surface area contributed by atoms with Gasteiger partial charge in [0.15, 0.2) is 5.78 Å². The van der Waals surface area contributed by atoms with Crippen LogP contribution in [0.2, 0.25) is 0 Å². The molecule has 0 aromatic rings. The zero-order valence-corrected chi connectivity index (χ0v) is 9.74. The van der Waals surface area contributed by atoms with Gasteiger partial charge >= 0.3 is 6.16 Å². The van der Waals surface area contributed by atoms with Crippen LogP contribution < -0.4 is 5.48 Å². The van der Waals surface area contributed by atoms with Crippen LogP contribution in [0.25, 0.3) is 0 Å². The molecule has 0 radical (unpaired) electrons. The number of nitrogens with one attached hydrogen (secondary N) is 1. The summed E-state index contributed by atoms with van der Waals surface area (Å²) in [5.41, 5.74) is 2.18. The van der Waals surface area contributed by atoms with Gasteiger partial charge in [0.25, 0.3) is 0 Å². The predicted octanol–water partition coefficient (Wildman–Crippen LogP) is -1.50. The highest BCUT2D eigenvalue weighted by Gasteiger charge is 2.22. The van der Waals surface area contributed by atoms with Crippen LogP contribution in [0.5, 0.6) is 0 Å². The Morgan fingerprint density at radius 2 is 2.06 bits per heavy atom. The highest BCUT2D eigenvalue weighted by molar-refractivity contribution is 5.84. The van der Waals surface area contributed by atoms with Gasteiger partial charge in [-0.1, -0.05) is 12.7 Å². The van der Waals surface area contributed by atoms with E-state index in [2.05, 4.69) is 21.6 Å². The van der Waals surface area contributed by atoms with Crippen LogP contribution in [0, 0.1) is 0 Å². The smallest absolute Gasteiger partial charge is 0.429 e. The normalized spacial score (nSPS) is 13.5. The molecule has 0 rings (SSSR count). The molecular formula is C10H17NO7. The van der Waals surface area contributed by atoms with Crippen molar-refractivity contribution in [2.45, 2.75) is 18.6 Å². The number of ketones is 1. The molecule has 0 unspecified atom stereocenters. The molecule has 8 heteroatoms. The monoisotopic (exact) mass is 263 g/mol. The van der Waals surface area contributed by atoms with Crippen molar-refractivity contribution in [3.8, 4) is 0 Å². The first-order valence-electron chi connectivity index (χ1n) is 5.20. The Balaban J connectivity index is 3.68. The van der Waals surface area contributed by atoms with Crippen molar-refractivity contribution in [3.63, 3.8) is 0 Å². The lowest BCUT2D eigenvalue weighted by molar-refractivity contribution is -0.136. The second-order valence-electron chi connectivity index (χ2n) is 3.27. The third-order valence-corrected chi connectivity index (χ3v) is 1.87. The quantitative estimate of drug-likeness (QED) is 0.171. The summed E-state index contributed by atoms with van der Waals surface area (Å²) in [6.45, 7) is 2.49. The molecule has 0 aliphatic carbocycles. The van der Waals surface area contributed by atoms with E-state index in [9.17, 15) is 19.8 Å². The summed E-state index contributed by atoms with van der Waals surface area (Å²) in [4.78, 5) is 26.0. The third-order valence-electron chi connectivity index (χ3n) is 1.87. The topological polar surface area (TPSA) is 125 Å². The first-order valence-corrected chi connectivity index (χ1v) is 5.20. The zero-order valence-electron chi connectivity index (χ0n) is 9.74. The number of aliphatic hydroxyl groups is 3. The number of hydroxylamine groups is 1. The van der Waals surface area contributed by atoms with Crippen molar-refractivity contribution in [1.29, 1.82) is 0 Å². The SMILES string of the molecule is C=CCOC(=O)ONCC[C@@H](O)[C@H](O)C(=O)CO. The maximum absolute atomic E-state index is 10.8. The van der Waals surface area contributed by atoms with Crippen LogP contribution in [0.1, 0.15) is 6.42 Å². The standard InChI is InChI=1S/C10H17NO7/c1-2-5-17-10(16)18-11-4-3-7(13)9(15)8(14)6-12/h2,7,9,11-13,15H,1,3-6H2/t7-,9+/m1/s1. The molecule has 0 heterocycles. The summed E-state index contributed by atoms with van der Waals surface area (Å²) in [6.07, 6.45) is -2.67. The first-order chi connectivity index (χ1) is 8.52. The fourth-order valence-corrected chi connectivity index (χ4v) is 0.939. The number of Topliss-reactive ketones (excluding diaryl/α,β-unsaturated/α-hetero) is 1. The maximum atomic E-state index is 10.8. The molecule has 104 valence electrons. The van der Waals surface area contributed by atoms with Gasteiger partial charge in [0.1, 0.15) is 19.3 Å². The van der Waals surface area contributed by atoms with E-state index in [1.54, 1.807) is 0 Å². The lowest BCUT2D eigenvalue weighted by Gasteiger charge is -2.15. The number of carbonyl (C=O) groups excluding carboxylic acids is 2. The maximum Gasteiger partial charge on any atom is 0.528 e. The number of aliphatic hydroxyl groups excluding tert-OH is 3. The van der Waals surface area contributed by atoms with E-state index >= 15 is 0 Å². The van der Waals surface area contributed by atoms with Gasteiger partial charge in [0.05, 0.1) is 6.10 Å². The molecule has 0 saturated carbocycles. The Morgan fingerprint density at radius 3 is 2.61 bits per heavy atom. The molecule has 0 aliphatic rings. The molecule has 18 heavy (non-hydrogen) atoms. The molecule has 0 aromatic heterocycles. The van der Waals surface area contributed by atoms with E-state index in [-0.39, 0.29) is 19.6 Å². The van der Waals surface area contributed by atoms with E-state index in [4.69, 9.17) is 5.11 Å². The average Bonchev–Trinajstić information content (AvgIpc) is 2.39. The molecule has 0 bridgehead atoms. The van der Waals surface area contributed by atoms with Crippen LogP contribution in [0.3, 0.4) is 0 Å². The Bertz CT molecular complexity index is 281. The van der Waals surface area contributed by atoms with E-state index in [1.807, 2.05) is 0 Å². The van der Waals surface area contributed by atoms with Crippen LogP contribution in [0.4, 0.5) is 4.79 Å². The fraction of sp³-hybridized carbons (Fsp3) is 0.600. The molecule has 8 nitrogen and oxygen atoms in total. The summed E-state index contributed by atoms with van der Waals surface area (Å²) >= 11 is 0. The van der Waals surface area contributed by atoms with Crippen LogP contribution >= 0.6 is 0 Å². The molecule has 0 spiro atoms. The number of carbonyl (C=O) groups is 2. The predicted molar refractivity (Wildman–Crippen MR) is 59.4 cm³/mol. The minimum Gasteiger partial charge on any atom is -0.429 e. The van der Waals surface area contributed by atoms with Gasteiger partial charge in [-0.05, 0) is 6.42 Å². The second-order valence-corrected chi connectivity index (χ2v) is 3.27. The van der Waals surface area contributed by atoms with Crippen molar-refractivity contribution < 1.29 is 34.5 Å². The molecule has 4 N–H and O–H groups in total. The lowest BCUT2D eigenvalue weighted by atomic mass is 10.1. The van der Waals surface area contributed by atoms with E-state index in [1.165, 1.54) is 6.08 Å². The fourth-order valence-electron chi connectivity index (χ4n) is 0.939. The van der Waals surface area contributed by atoms with Gasteiger partial charge in [-0.15, -0.1) is 5.48 Å². The van der Waals surface area contributed by atoms with Gasteiger partial charge in [0.2, 0.25) is 0 Å². The van der Waals surface area contributed by atoms with Crippen molar-refractivity contribution in [2.24, 2.45) is 0 Å². The zero-order chi connectivity index (χ0) is 14.0. The molecule has 0 aromatic carbocycles. The van der Waals surface area contributed by atoms with Crippen molar-refractivity contribution >= 4 is 11.9 Å². The molecule has 0 fully saturated rings. The van der Waals surface area contributed by atoms with Crippen LogP contribution in [-0.4, -0.2) is 59.2 Å². The summed E-state index contributed by atoms with van der Waals surface area (Å²) in [7, 11) is 0. The number of rotatable bonds is 9. The second kappa shape index (κ2) is 9.54. The van der Waals surface area contributed by atoms with E-state index < -0.39 is 30.8 Å². The van der Waals surface area contributed by atoms with Gasteiger partial charge < -0.3 is 24.9 Å². The molecule has 0 saturated heterocycles.